The Kier molecular flexibility index (Phi) is 5.99. The van der Waals surface area contributed by atoms with Crippen molar-refractivity contribution >= 4 is 5.97 Å². The number of esters is 1. The smallest absolute Gasteiger partial charge is 0.303 e. The molecule has 7 heteroatoms. The summed E-state index contributed by atoms with van der Waals surface area (Å²) >= 11 is 0. The van der Waals surface area contributed by atoms with E-state index in [0.29, 0.717) is 18.4 Å². The van der Waals surface area contributed by atoms with Gasteiger partial charge in [-0.1, -0.05) is 45.8 Å². The van der Waals surface area contributed by atoms with Crippen molar-refractivity contribution < 1.29 is 34.3 Å². The monoisotopic (exact) mass is 546 g/mol. The van der Waals surface area contributed by atoms with E-state index in [0.717, 1.165) is 44.9 Å². The van der Waals surface area contributed by atoms with Crippen LogP contribution in [0.4, 0.5) is 0 Å². The van der Waals surface area contributed by atoms with Gasteiger partial charge in [0.25, 0.3) is 0 Å². The first-order valence-electron chi connectivity index (χ1n) is 15.3. The van der Waals surface area contributed by atoms with Crippen LogP contribution in [0, 0.1) is 34.0 Å². The Labute approximate surface area is 233 Å². The number of carbonyl (C=O) groups is 1. The highest BCUT2D eigenvalue weighted by Gasteiger charge is 2.77. The molecule has 3 aliphatic heterocycles. The Hall–Kier alpha value is -0.990. The number of rotatable bonds is 3. The Morgan fingerprint density at radius 2 is 1.79 bits per heavy atom. The van der Waals surface area contributed by atoms with Crippen LogP contribution < -0.4 is 0 Å². The summed E-state index contributed by atoms with van der Waals surface area (Å²) in [5, 5.41) is 35.6. The molecule has 1 spiro atoms. The predicted molar refractivity (Wildman–Crippen MR) is 145 cm³/mol. The Bertz CT molecular complexity index is 1090. The van der Waals surface area contributed by atoms with Gasteiger partial charge in [0.1, 0.15) is 12.2 Å². The number of aliphatic hydroxyl groups is 3. The van der Waals surface area contributed by atoms with Crippen molar-refractivity contribution in [2.45, 2.75) is 148 Å². The molecular formula is C32H50O7. The molecule has 39 heavy (non-hydrogen) atoms. The molecule has 220 valence electrons. The van der Waals surface area contributed by atoms with Crippen molar-refractivity contribution in [2.24, 2.45) is 34.0 Å². The van der Waals surface area contributed by atoms with Gasteiger partial charge in [0.05, 0.1) is 17.3 Å². The third kappa shape index (κ3) is 3.49. The number of hydrogen-bond donors (Lipinski definition) is 3. The first-order chi connectivity index (χ1) is 17.9. The molecule has 3 aliphatic carbocycles. The third-order valence-electron chi connectivity index (χ3n) is 12.9. The van der Waals surface area contributed by atoms with Gasteiger partial charge in [-0.05, 0) is 87.9 Å². The molecule has 3 N–H and O–H groups in total. The molecule has 0 aromatic heterocycles. The summed E-state index contributed by atoms with van der Waals surface area (Å²) in [6.45, 7) is 15.8. The maximum atomic E-state index is 12.4. The van der Waals surface area contributed by atoms with Crippen LogP contribution in [0.25, 0.3) is 0 Å². The maximum absolute atomic E-state index is 12.4. The van der Waals surface area contributed by atoms with Gasteiger partial charge >= 0.3 is 5.97 Å². The third-order valence-corrected chi connectivity index (χ3v) is 12.9. The van der Waals surface area contributed by atoms with Crippen molar-refractivity contribution in [3.63, 3.8) is 0 Å². The number of aliphatic hydroxyl groups excluding tert-OH is 1. The van der Waals surface area contributed by atoms with Gasteiger partial charge in [-0.3, -0.25) is 4.79 Å². The van der Waals surface area contributed by atoms with E-state index in [1.54, 1.807) is 13.8 Å². The normalized spacial score (nSPS) is 50.9. The van der Waals surface area contributed by atoms with Gasteiger partial charge in [-0.15, -0.1) is 0 Å². The molecule has 0 radical (unpaired) electrons. The second-order valence-electron chi connectivity index (χ2n) is 15.7. The molecule has 4 fully saturated rings. The number of carbonyl (C=O) groups excluding carboxylic acids is 1. The second-order valence-corrected chi connectivity index (χ2v) is 15.7. The van der Waals surface area contributed by atoms with Crippen LogP contribution in [-0.4, -0.2) is 62.7 Å². The number of ether oxygens (including phenoxy) is 3. The highest BCUT2D eigenvalue weighted by Crippen LogP contribution is 2.74. The summed E-state index contributed by atoms with van der Waals surface area (Å²) in [5.41, 5.74) is 0.379. The van der Waals surface area contributed by atoms with Crippen LogP contribution in [0.5, 0.6) is 0 Å². The predicted octanol–water partition coefficient (Wildman–Crippen LogP) is 4.65. The molecule has 6 aliphatic rings. The van der Waals surface area contributed by atoms with Crippen molar-refractivity contribution in [3.8, 4) is 0 Å². The molecule has 6 rings (SSSR count). The molecule has 11 atom stereocenters. The van der Waals surface area contributed by atoms with Gasteiger partial charge in [0.2, 0.25) is 0 Å². The van der Waals surface area contributed by atoms with E-state index in [9.17, 15) is 20.1 Å². The lowest BCUT2D eigenvalue weighted by atomic mass is 9.52. The largest absolute Gasteiger partial charge is 0.457 e. The number of hydrogen-bond acceptors (Lipinski definition) is 7. The quantitative estimate of drug-likeness (QED) is 0.349. The molecule has 1 unspecified atom stereocenters. The van der Waals surface area contributed by atoms with E-state index >= 15 is 0 Å². The summed E-state index contributed by atoms with van der Waals surface area (Å²) in [4.78, 5) is 12.0. The van der Waals surface area contributed by atoms with Crippen LogP contribution in [0.2, 0.25) is 0 Å². The molecule has 7 nitrogen and oxygen atoms in total. The minimum Gasteiger partial charge on any atom is -0.457 e. The Balaban J connectivity index is 1.39. The second kappa shape index (κ2) is 8.31. The fourth-order valence-electron chi connectivity index (χ4n) is 11.2. The zero-order chi connectivity index (χ0) is 28.6. The Morgan fingerprint density at radius 1 is 1.10 bits per heavy atom. The fourth-order valence-corrected chi connectivity index (χ4v) is 11.2. The molecular weight excluding hydrogens is 496 g/mol. The summed E-state index contributed by atoms with van der Waals surface area (Å²) < 4.78 is 18.8. The van der Waals surface area contributed by atoms with Crippen LogP contribution >= 0.6 is 0 Å². The van der Waals surface area contributed by atoms with E-state index < -0.39 is 41.1 Å². The zero-order valence-corrected chi connectivity index (χ0v) is 25.2. The van der Waals surface area contributed by atoms with Crippen LogP contribution in [0.3, 0.4) is 0 Å². The van der Waals surface area contributed by atoms with Crippen molar-refractivity contribution in [3.05, 3.63) is 11.1 Å². The van der Waals surface area contributed by atoms with E-state index in [4.69, 9.17) is 14.2 Å². The fraction of sp³-hybridized carbons (Fsp3) is 0.906. The van der Waals surface area contributed by atoms with Crippen LogP contribution in [-0.2, 0) is 19.0 Å². The molecule has 2 bridgehead atoms. The van der Waals surface area contributed by atoms with E-state index in [2.05, 4.69) is 34.6 Å². The SMILES string of the molecule is CC(=O)O[C@H]([C@H]1C[C@@H](C)[C@H]2[C@@](O)(O1)[C@H](O)[C@@]1(C)C3=C(CC[C@]21C)C[C@]12CC[C@@H](O1)C(C)(C)C2CC3)C(C)(C)O. The van der Waals surface area contributed by atoms with Crippen molar-refractivity contribution in [1.29, 1.82) is 0 Å². The van der Waals surface area contributed by atoms with Gasteiger partial charge in [-0.2, -0.15) is 0 Å². The first kappa shape index (κ1) is 28.1. The lowest BCUT2D eigenvalue weighted by molar-refractivity contribution is -0.341. The standard InChI is InChI=1S/C32H50O7/c1-17-15-21(25(28(5,6)35)37-18(2)33)38-32(36)24(17)29(7)13-11-19-16-31-14-12-23(39-31)27(3,4)22(31)10-9-20(19)30(29,8)26(32)34/h17,21-26,34-36H,9-16H2,1-8H3/t17-,21-,22?,23-,24-,25-,26-,29-,30-,31+,32-/m1/s1. The molecule has 3 saturated heterocycles. The average molecular weight is 547 g/mol. The molecule has 3 heterocycles. The van der Waals surface area contributed by atoms with Crippen molar-refractivity contribution in [1.82, 2.24) is 0 Å². The van der Waals surface area contributed by atoms with E-state index in [-0.39, 0.29) is 28.3 Å². The highest BCUT2D eigenvalue weighted by atomic mass is 16.7. The summed E-state index contributed by atoms with van der Waals surface area (Å²) in [5.74, 6) is -2.14. The average Bonchev–Trinajstić information content (AvgIpc) is 3.30. The molecule has 0 aromatic carbocycles. The first-order valence-corrected chi connectivity index (χ1v) is 15.3. The summed E-state index contributed by atoms with van der Waals surface area (Å²) in [7, 11) is 0. The number of fused-ring (bicyclic) bond motifs is 5. The highest BCUT2D eigenvalue weighted by molar-refractivity contribution is 5.66. The zero-order valence-electron chi connectivity index (χ0n) is 25.2. The molecule has 1 saturated carbocycles. The lowest BCUT2D eigenvalue weighted by Gasteiger charge is -2.53. The summed E-state index contributed by atoms with van der Waals surface area (Å²) in [6.07, 6.45) is 4.96. The summed E-state index contributed by atoms with van der Waals surface area (Å²) in [6, 6.07) is 0. The van der Waals surface area contributed by atoms with E-state index in [1.807, 2.05) is 0 Å². The maximum Gasteiger partial charge on any atom is 0.303 e. The Morgan fingerprint density at radius 3 is 2.44 bits per heavy atom. The van der Waals surface area contributed by atoms with Gasteiger partial charge in [-0.25, -0.2) is 0 Å². The van der Waals surface area contributed by atoms with Gasteiger partial charge in [0, 0.05) is 18.3 Å². The van der Waals surface area contributed by atoms with Crippen LogP contribution in [0.15, 0.2) is 11.1 Å². The van der Waals surface area contributed by atoms with Gasteiger partial charge in [0.15, 0.2) is 11.9 Å². The van der Waals surface area contributed by atoms with Crippen LogP contribution in [0.1, 0.15) is 107 Å². The minimum atomic E-state index is -1.81. The van der Waals surface area contributed by atoms with E-state index in [1.165, 1.54) is 18.1 Å². The minimum absolute atomic E-state index is 0.0145. The topological polar surface area (TPSA) is 105 Å². The molecule has 0 amide bonds. The van der Waals surface area contributed by atoms with Gasteiger partial charge < -0.3 is 29.5 Å². The molecule has 0 aromatic rings. The lowest BCUT2D eigenvalue weighted by Crippen LogP contribution is -2.61. The van der Waals surface area contributed by atoms with Crippen molar-refractivity contribution in [2.75, 3.05) is 0 Å².